The number of hydrogen-bond donors (Lipinski definition) is 0. The molecule has 1 aliphatic rings. The molecule has 0 saturated carbocycles. The molecule has 2 aromatic rings. The fourth-order valence-electron chi connectivity index (χ4n) is 3.34. The van der Waals surface area contributed by atoms with Crippen LogP contribution in [-0.4, -0.2) is 58.4 Å². The Balaban J connectivity index is 1.69. The first-order valence-electron chi connectivity index (χ1n) is 8.82. The average molecular weight is 344 g/mol. The van der Waals surface area contributed by atoms with E-state index in [-0.39, 0.29) is 11.6 Å². The lowest BCUT2D eigenvalue weighted by Crippen LogP contribution is -2.48. The molecule has 1 aliphatic heterocycles. The summed E-state index contributed by atoms with van der Waals surface area (Å²) >= 11 is 0. The van der Waals surface area contributed by atoms with E-state index in [0.717, 1.165) is 43.4 Å². The molecule has 0 aliphatic carbocycles. The lowest BCUT2D eigenvalue weighted by atomic mass is 10.1. The predicted molar refractivity (Wildman–Crippen MR) is 98.0 cm³/mol. The summed E-state index contributed by atoms with van der Waals surface area (Å²) in [6.45, 7) is 12.4. The molecule has 0 amide bonds. The van der Waals surface area contributed by atoms with Crippen LogP contribution in [0.1, 0.15) is 39.6 Å². The Morgan fingerprint density at radius 1 is 1.08 bits per heavy atom. The second kappa shape index (κ2) is 7.00. The summed E-state index contributed by atoms with van der Waals surface area (Å²) in [7, 11) is 1.73. The van der Waals surface area contributed by atoms with E-state index in [4.69, 9.17) is 4.74 Å². The lowest BCUT2D eigenvalue weighted by Gasteiger charge is -2.39. The molecule has 25 heavy (non-hydrogen) atoms. The third kappa shape index (κ3) is 3.61. The van der Waals surface area contributed by atoms with Crippen LogP contribution in [0.5, 0.6) is 5.75 Å². The van der Waals surface area contributed by atoms with Crippen LogP contribution in [0.3, 0.4) is 0 Å². The Morgan fingerprint density at radius 3 is 2.40 bits per heavy atom. The zero-order valence-corrected chi connectivity index (χ0v) is 15.8. The summed E-state index contributed by atoms with van der Waals surface area (Å²) in [5, 5.41) is 12.4. The van der Waals surface area contributed by atoms with E-state index in [2.05, 4.69) is 65.2 Å². The number of hydrogen-bond acceptors (Lipinski definition) is 6. The average Bonchev–Trinajstić information content (AvgIpc) is 3.11. The van der Waals surface area contributed by atoms with E-state index in [0.29, 0.717) is 0 Å². The molecule has 2 heterocycles. The molecule has 7 nitrogen and oxygen atoms in total. The third-order valence-corrected chi connectivity index (χ3v) is 4.79. The standard InChI is InChI=1S/C18H28N6O/c1-14(17-19-20-21-24(17)18(2,3)4)22-10-12-23(13-11-22)15-8-6-7-9-16(15)25-5/h6-9,14H,10-13H2,1-5H3. The van der Waals surface area contributed by atoms with Crippen molar-refractivity contribution in [2.75, 3.05) is 38.2 Å². The minimum absolute atomic E-state index is 0.119. The quantitative estimate of drug-likeness (QED) is 0.848. The van der Waals surface area contributed by atoms with Gasteiger partial charge in [-0.2, -0.15) is 0 Å². The van der Waals surface area contributed by atoms with E-state index in [1.165, 1.54) is 0 Å². The summed E-state index contributed by atoms with van der Waals surface area (Å²) in [6.07, 6.45) is 0. The molecule has 1 fully saturated rings. The van der Waals surface area contributed by atoms with Gasteiger partial charge in [-0.05, 0) is 50.3 Å². The normalized spacial score (nSPS) is 17.6. The number of aromatic nitrogens is 4. The van der Waals surface area contributed by atoms with Crippen molar-refractivity contribution in [1.29, 1.82) is 0 Å². The van der Waals surface area contributed by atoms with Crippen molar-refractivity contribution in [3.63, 3.8) is 0 Å². The first-order chi connectivity index (χ1) is 11.9. The fourth-order valence-corrected chi connectivity index (χ4v) is 3.34. The van der Waals surface area contributed by atoms with Crippen molar-refractivity contribution >= 4 is 5.69 Å². The molecule has 0 radical (unpaired) electrons. The number of benzene rings is 1. The molecule has 1 aromatic heterocycles. The van der Waals surface area contributed by atoms with E-state index >= 15 is 0 Å². The second-order valence-electron chi connectivity index (χ2n) is 7.49. The minimum Gasteiger partial charge on any atom is -0.495 e. The Hall–Kier alpha value is -2.15. The molecule has 1 unspecified atom stereocenters. The molecule has 0 N–H and O–H groups in total. The zero-order valence-electron chi connectivity index (χ0n) is 15.8. The van der Waals surface area contributed by atoms with Crippen LogP contribution in [0, 0.1) is 0 Å². The molecule has 1 atom stereocenters. The number of para-hydroxylation sites is 2. The van der Waals surface area contributed by atoms with Crippen LogP contribution in [0.15, 0.2) is 24.3 Å². The highest BCUT2D eigenvalue weighted by atomic mass is 16.5. The Labute approximate surface area is 149 Å². The smallest absolute Gasteiger partial charge is 0.168 e. The first-order valence-corrected chi connectivity index (χ1v) is 8.82. The van der Waals surface area contributed by atoms with E-state index in [9.17, 15) is 0 Å². The molecule has 0 bridgehead atoms. The van der Waals surface area contributed by atoms with Crippen molar-refractivity contribution in [1.82, 2.24) is 25.1 Å². The maximum absolute atomic E-state index is 5.50. The van der Waals surface area contributed by atoms with Crippen molar-refractivity contribution in [2.24, 2.45) is 0 Å². The summed E-state index contributed by atoms with van der Waals surface area (Å²) in [4.78, 5) is 4.83. The maximum atomic E-state index is 5.50. The number of anilines is 1. The van der Waals surface area contributed by atoms with Gasteiger partial charge in [0.05, 0.1) is 24.4 Å². The summed E-state index contributed by atoms with van der Waals surface area (Å²) < 4.78 is 7.43. The lowest BCUT2D eigenvalue weighted by molar-refractivity contribution is 0.178. The first kappa shape index (κ1) is 17.7. The second-order valence-corrected chi connectivity index (χ2v) is 7.49. The van der Waals surface area contributed by atoms with Gasteiger partial charge in [0.2, 0.25) is 0 Å². The highest BCUT2D eigenvalue weighted by Gasteiger charge is 2.29. The van der Waals surface area contributed by atoms with E-state index in [1.54, 1.807) is 7.11 Å². The van der Waals surface area contributed by atoms with Gasteiger partial charge in [0.1, 0.15) is 5.75 Å². The molecule has 7 heteroatoms. The topological polar surface area (TPSA) is 59.3 Å². The SMILES string of the molecule is COc1ccccc1N1CCN(C(C)c2nnnn2C(C)(C)C)CC1. The monoisotopic (exact) mass is 344 g/mol. The molecular formula is C18H28N6O. The summed E-state index contributed by atoms with van der Waals surface area (Å²) in [5.74, 6) is 1.86. The van der Waals surface area contributed by atoms with Gasteiger partial charge in [-0.15, -0.1) is 5.10 Å². The maximum Gasteiger partial charge on any atom is 0.168 e. The molecule has 1 saturated heterocycles. The number of piperazine rings is 1. The Bertz CT molecular complexity index is 700. The van der Waals surface area contributed by atoms with Crippen LogP contribution in [0.25, 0.3) is 0 Å². The highest BCUT2D eigenvalue weighted by Crippen LogP contribution is 2.30. The van der Waals surface area contributed by atoms with Crippen LogP contribution in [0.2, 0.25) is 0 Å². The zero-order chi connectivity index (χ0) is 18.0. The number of tetrazole rings is 1. The molecule has 0 spiro atoms. The van der Waals surface area contributed by atoms with Gasteiger partial charge >= 0.3 is 0 Å². The molecule has 3 rings (SSSR count). The number of methoxy groups -OCH3 is 1. The van der Waals surface area contributed by atoms with Crippen LogP contribution < -0.4 is 9.64 Å². The van der Waals surface area contributed by atoms with Gasteiger partial charge in [0, 0.05) is 26.2 Å². The third-order valence-electron chi connectivity index (χ3n) is 4.79. The molecular weight excluding hydrogens is 316 g/mol. The van der Waals surface area contributed by atoms with E-state index < -0.39 is 0 Å². The van der Waals surface area contributed by atoms with Gasteiger partial charge in [0.25, 0.3) is 0 Å². The largest absolute Gasteiger partial charge is 0.495 e. The molecule has 1 aromatic carbocycles. The van der Waals surface area contributed by atoms with E-state index in [1.807, 2.05) is 16.8 Å². The van der Waals surface area contributed by atoms with Gasteiger partial charge in [-0.3, -0.25) is 4.90 Å². The Kier molecular flexibility index (Phi) is 4.94. The minimum atomic E-state index is -0.119. The van der Waals surface area contributed by atoms with Gasteiger partial charge in [-0.25, -0.2) is 4.68 Å². The number of nitrogens with zero attached hydrogens (tertiary/aromatic N) is 6. The predicted octanol–water partition coefficient (Wildman–Crippen LogP) is 2.32. The van der Waals surface area contributed by atoms with Crippen molar-refractivity contribution in [2.45, 2.75) is 39.3 Å². The summed E-state index contributed by atoms with van der Waals surface area (Å²) in [5.41, 5.74) is 1.04. The highest BCUT2D eigenvalue weighted by molar-refractivity contribution is 5.58. The number of ether oxygens (including phenoxy) is 1. The van der Waals surface area contributed by atoms with Gasteiger partial charge in [0.15, 0.2) is 5.82 Å². The number of rotatable bonds is 4. The van der Waals surface area contributed by atoms with Gasteiger partial charge < -0.3 is 9.64 Å². The van der Waals surface area contributed by atoms with Crippen molar-refractivity contribution < 1.29 is 4.74 Å². The van der Waals surface area contributed by atoms with Crippen molar-refractivity contribution in [3.8, 4) is 5.75 Å². The molecule has 136 valence electrons. The van der Waals surface area contributed by atoms with Crippen molar-refractivity contribution in [3.05, 3.63) is 30.1 Å². The van der Waals surface area contributed by atoms with Crippen LogP contribution in [-0.2, 0) is 5.54 Å². The van der Waals surface area contributed by atoms with Gasteiger partial charge in [-0.1, -0.05) is 12.1 Å². The Morgan fingerprint density at radius 2 is 1.76 bits per heavy atom. The van der Waals surface area contributed by atoms with Crippen LogP contribution >= 0.6 is 0 Å². The van der Waals surface area contributed by atoms with Crippen LogP contribution in [0.4, 0.5) is 5.69 Å². The fraction of sp³-hybridized carbons (Fsp3) is 0.611. The summed E-state index contributed by atoms with van der Waals surface area (Å²) in [6, 6.07) is 8.39.